The van der Waals surface area contributed by atoms with Gasteiger partial charge in [0.15, 0.2) is 0 Å². The SMILES string of the molecule is Nc1cccc(C(O)CN(CCO)C2CC2)c1. The van der Waals surface area contributed by atoms with E-state index in [4.69, 9.17) is 10.8 Å². The Bertz CT molecular complexity index is 366. The Morgan fingerprint density at radius 2 is 2.18 bits per heavy atom. The lowest BCUT2D eigenvalue weighted by molar-refractivity contribution is 0.0953. The van der Waals surface area contributed by atoms with E-state index in [0.717, 1.165) is 5.56 Å². The van der Waals surface area contributed by atoms with Crippen molar-refractivity contribution in [3.05, 3.63) is 29.8 Å². The number of aliphatic hydroxyl groups is 2. The molecule has 0 aromatic heterocycles. The molecule has 17 heavy (non-hydrogen) atoms. The number of hydrogen-bond acceptors (Lipinski definition) is 4. The summed E-state index contributed by atoms with van der Waals surface area (Å²) in [4.78, 5) is 2.15. The highest BCUT2D eigenvalue weighted by molar-refractivity contribution is 5.41. The molecule has 1 atom stereocenters. The molecule has 1 fully saturated rings. The van der Waals surface area contributed by atoms with Crippen molar-refractivity contribution in [3.63, 3.8) is 0 Å². The summed E-state index contributed by atoms with van der Waals surface area (Å²) >= 11 is 0. The van der Waals surface area contributed by atoms with Crippen LogP contribution in [0.3, 0.4) is 0 Å². The van der Waals surface area contributed by atoms with E-state index in [1.54, 1.807) is 6.07 Å². The summed E-state index contributed by atoms with van der Waals surface area (Å²) in [6, 6.07) is 7.88. The molecule has 1 aliphatic rings. The zero-order valence-corrected chi connectivity index (χ0v) is 9.92. The molecule has 1 aromatic carbocycles. The van der Waals surface area contributed by atoms with Crippen molar-refractivity contribution >= 4 is 5.69 Å². The van der Waals surface area contributed by atoms with Gasteiger partial charge in [0.2, 0.25) is 0 Å². The van der Waals surface area contributed by atoms with Crippen LogP contribution in [-0.2, 0) is 0 Å². The Balaban J connectivity index is 1.96. The fourth-order valence-corrected chi connectivity index (χ4v) is 2.08. The maximum absolute atomic E-state index is 10.1. The van der Waals surface area contributed by atoms with Gasteiger partial charge in [0.25, 0.3) is 0 Å². The minimum atomic E-state index is -0.536. The number of hydrogen-bond donors (Lipinski definition) is 3. The molecule has 4 nitrogen and oxygen atoms in total. The first-order valence-electron chi connectivity index (χ1n) is 6.09. The quantitative estimate of drug-likeness (QED) is 0.638. The Morgan fingerprint density at radius 3 is 2.76 bits per heavy atom. The summed E-state index contributed by atoms with van der Waals surface area (Å²) in [6.45, 7) is 1.33. The van der Waals surface area contributed by atoms with Gasteiger partial charge in [0.05, 0.1) is 12.7 Å². The maximum atomic E-state index is 10.1. The molecule has 0 aliphatic heterocycles. The van der Waals surface area contributed by atoms with Crippen molar-refractivity contribution in [1.29, 1.82) is 0 Å². The van der Waals surface area contributed by atoms with Crippen molar-refractivity contribution in [2.75, 3.05) is 25.4 Å². The van der Waals surface area contributed by atoms with Crippen LogP contribution >= 0.6 is 0 Å². The lowest BCUT2D eigenvalue weighted by Gasteiger charge is -2.24. The minimum absolute atomic E-state index is 0.139. The van der Waals surface area contributed by atoms with Crippen molar-refractivity contribution in [3.8, 4) is 0 Å². The molecule has 0 radical (unpaired) electrons. The van der Waals surface area contributed by atoms with Gasteiger partial charge in [-0.2, -0.15) is 0 Å². The average Bonchev–Trinajstić information content (AvgIpc) is 3.12. The summed E-state index contributed by atoms with van der Waals surface area (Å²) in [5.41, 5.74) is 7.20. The lowest BCUT2D eigenvalue weighted by atomic mass is 10.1. The van der Waals surface area contributed by atoms with Gasteiger partial charge in [-0.15, -0.1) is 0 Å². The fraction of sp³-hybridized carbons (Fsp3) is 0.538. The number of nitrogen functional groups attached to an aromatic ring is 1. The Morgan fingerprint density at radius 1 is 1.41 bits per heavy atom. The molecule has 1 aromatic rings. The van der Waals surface area contributed by atoms with Gasteiger partial charge in [-0.1, -0.05) is 12.1 Å². The Kier molecular flexibility index (Phi) is 3.99. The minimum Gasteiger partial charge on any atom is -0.399 e. The van der Waals surface area contributed by atoms with Crippen LogP contribution in [0.2, 0.25) is 0 Å². The second-order valence-electron chi connectivity index (χ2n) is 4.64. The number of anilines is 1. The summed E-state index contributed by atoms with van der Waals surface area (Å²) in [6.07, 6.45) is 1.80. The third-order valence-electron chi connectivity index (χ3n) is 3.15. The van der Waals surface area contributed by atoms with Crippen LogP contribution in [0.4, 0.5) is 5.69 Å². The van der Waals surface area contributed by atoms with Crippen molar-refractivity contribution in [2.24, 2.45) is 0 Å². The highest BCUT2D eigenvalue weighted by atomic mass is 16.3. The highest BCUT2D eigenvalue weighted by Gasteiger charge is 2.29. The number of aliphatic hydroxyl groups excluding tert-OH is 2. The molecule has 0 amide bonds. The summed E-state index contributed by atoms with van der Waals surface area (Å²) in [5, 5.41) is 19.1. The molecule has 94 valence electrons. The summed E-state index contributed by atoms with van der Waals surface area (Å²) < 4.78 is 0. The monoisotopic (exact) mass is 236 g/mol. The molecule has 4 heteroatoms. The molecule has 1 saturated carbocycles. The van der Waals surface area contributed by atoms with Gasteiger partial charge >= 0.3 is 0 Å². The molecule has 0 saturated heterocycles. The van der Waals surface area contributed by atoms with Gasteiger partial charge in [-0.3, -0.25) is 4.90 Å². The number of rotatable bonds is 6. The predicted molar refractivity (Wildman–Crippen MR) is 67.5 cm³/mol. The molecule has 4 N–H and O–H groups in total. The van der Waals surface area contributed by atoms with E-state index in [2.05, 4.69) is 4.90 Å². The largest absolute Gasteiger partial charge is 0.399 e. The van der Waals surface area contributed by atoms with Crippen LogP contribution in [0.1, 0.15) is 24.5 Å². The Hall–Kier alpha value is -1.10. The van der Waals surface area contributed by atoms with Gasteiger partial charge in [-0.25, -0.2) is 0 Å². The van der Waals surface area contributed by atoms with E-state index in [0.29, 0.717) is 24.8 Å². The van der Waals surface area contributed by atoms with E-state index in [1.807, 2.05) is 18.2 Å². The van der Waals surface area contributed by atoms with Crippen LogP contribution in [0.15, 0.2) is 24.3 Å². The molecular formula is C13H20N2O2. The van der Waals surface area contributed by atoms with Crippen molar-refractivity contribution in [1.82, 2.24) is 4.90 Å². The first-order chi connectivity index (χ1) is 8.20. The third-order valence-corrected chi connectivity index (χ3v) is 3.15. The van der Waals surface area contributed by atoms with E-state index in [1.165, 1.54) is 12.8 Å². The van der Waals surface area contributed by atoms with Crippen LogP contribution < -0.4 is 5.73 Å². The smallest absolute Gasteiger partial charge is 0.0917 e. The fourth-order valence-electron chi connectivity index (χ4n) is 2.08. The van der Waals surface area contributed by atoms with E-state index in [-0.39, 0.29) is 6.61 Å². The topological polar surface area (TPSA) is 69.7 Å². The lowest BCUT2D eigenvalue weighted by Crippen LogP contribution is -2.33. The van der Waals surface area contributed by atoms with Crippen molar-refractivity contribution < 1.29 is 10.2 Å². The molecule has 0 bridgehead atoms. The van der Waals surface area contributed by atoms with Gasteiger partial charge in [0.1, 0.15) is 0 Å². The van der Waals surface area contributed by atoms with Crippen LogP contribution in [0.25, 0.3) is 0 Å². The normalized spacial score (nSPS) is 17.4. The maximum Gasteiger partial charge on any atom is 0.0917 e. The molecular weight excluding hydrogens is 216 g/mol. The highest BCUT2D eigenvalue weighted by Crippen LogP contribution is 2.28. The zero-order chi connectivity index (χ0) is 12.3. The summed E-state index contributed by atoms with van der Waals surface area (Å²) in [5.74, 6) is 0. The first kappa shape index (κ1) is 12.4. The predicted octanol–water partition coefficient (Wildman–Crippen LogP) is 0.759. The van der Waals surface area contributed by atoms with Crippen molar-refractivity contribution in [2.45, 2.75) is 25.0 Å². The summed E-state index contributed by atoms with van der Waals surface area (Å²) in [7, 11) is 0. The third kappa shape index (κ3) is 3.43. The second kappa shape index (κ2) is 5.49. The van der Waals surface area contributed by atoms with Crippen LogP contribution in [-0.4, -0.2) is 40.9 Å². The van der Waals surface area contributed by atoms with Crippen LogP contribution in [0, 0.1) is 0 Å². The van der Waals surface area contributed by atoms with E-state index < -0.39 is 6.10 Å². The number of benzene rings is 1. The molecule has 2 rings (SSSR count). The Labute approximate surface area is 102 Å². The van der Waals surface area contributed by atoms with Crippen LogP contribution in [0.5, 0.6) is 0 Å². The standard InChI is InChI=1S/C13H20N2O2/c14-11-3-1-2-10(8-11)13(17)9-15(6-7-16)12-4-5-12/h1-3,8,12-13,16-17H,4-7,9,14H2. The van der Waals surface area contributed by atoms with Gasteiger partial charge in [-0.05, 0) is 30.5 Å². The molecule has 0 spiro atoms. The molecule has 1 unspecified atom stereocenters. The van der Waals surface area contributed by atoms with E-state index in [9.17, 15) is 5.11 Å². The second-order valence-corrected chi connectivity index (χ2v) is 4.64. The molecule has 0 heterocycles. The first-order valence-corrected chi connectivity index (χ1v) is 6.09. The van der Waals surface area contributed by atoms with Gasteiger partial charge in [0, 0.05) is 24.8 Å². The molecule has 1 aliphatic carbocycles. The van der Waals surface area contributed by atoms with E-state index >= 15 is 0 Å². The van der Waals surface area contributed by atoms with Gasteiger partial charge < -0.3 is 15.9 Å². The average molecular weight is 236 g/mol. The number of nitrogens with two attached hydrogens (primary N) is 1. The zero-order valence-electron chi connectivity index (χ0n) is 9.92. The number of nitrogens with zero attached hydrogens (tertiary/aromatic N) is 1.